The number of rotatable bonds is 2. The Morgan fingerprint density at radius 2 is 2.12 bits per heavy atom. The zero-order valence-electron chi connectivity index (χ0n) is 9.05. The molecule has 0 atom stereocenters. The van der Waals surface area contributed by atoms with E-state index in [-0.39, 0.29) is 0 Å². The van der Waals surface area contributed by atoms with E-state index < -0.39 is 11.1 Å². The predicted molar refractivity (Wildman–Crippen MR) is 57.7 cm³/mol. The molecule has 1 aromatic rings. The number of alkyl halides is 3. The minimum absolute atomic E-state index is 0.407. The fourth-order valence-corrected chi connectivity index (χ4v) is 3.25. The Hall–Kier alpha value is -0.660. The van der Waals surface area contributed by atoms with Crippen molar-refractivity contribution in [3.05, 3.63) is 16.1 Å². The molecule has 2 fully saturated rings. The maximum Gasteiger partial charge on any atom is 0.427 e. The highest BCUT2D eigenvalue weighted by Gasteiger charge is 2.47. The van der Waals surface area contributed by atoms with Gasteiger partial charge in [-0.1, -0.05) is 0 Å². The van der Waals surface area contributed by atoms with Gasteiger partial charge in [-0.25, -0.2) is 4.98 Å². The van der Waals surface area contributed by atoms with Gasteiger partial charge in [-0.3, -0.25) is 4.90 Å². The van der Waals surface area contributed by atoms with Crippen molar-refractivity contribution in [1.82, 2.24) is 15.2 Å². The normalized spacial score (nSPS) is 23.5. The molecule has 3 rings (SSSR count). The molecule has 0 saturated carbocycles. The number of likely N-dealkylation sites (tertiary alicyclic amines) is 1. The molecular formula is C10H12F3N3S. The molecule has 17 heavy (non-hydrogen) atoms. The summed E-state index contributed by atoms with van der Waals surface area (Å²) in [5, 5.41) is 3.78. The van der Waals surface area contributed by atoms with Crippen molar-refractivity contribution in [3.8, 4) is 0 Å². The van der Waals surface area contributed by atoms with Crippen LogP contribution in [0.5, 0.6) is 0 Å². The zero-order valence-corrected chi connectivity index (χ0v) is 9.87. The first kappa shape index (κ1) is 11.4. The quantitative estimate of drug-likeness (QED) is 0.878. The lowest BCUT2D eigenvalue weighted by Crippen LogP contribution is -2.70. The number of halogens is 3. The first-order valence-corrected chi connectivity index (χ1v) is 6.24. The summed E-state index contributed by atoms with van der Waals surface area (Å²) in [5.41, 5.74) is 0.407. The SMILES string of the molecule is FC(F)(F)c1cnc(CN2CC3(CNC3)C2)s1. The Morgan fingerprint density at radius 3 is 2.59 bits per heavy atom. The number of hydrogen-bond acceptors (Lipinski definition) is 4. The van der Waals surface area contributed by atoms with E-state index in [4.69, 9.17) is 0 Å². The van der Waals surface area contributed by atoms with Crippen molar-refractivity contribution in [1.29, 1.82) is 0 Å². The minimum atomic E-state index is -4.26. The van der Waals surface area contributed by atoms with Gasteiger partial charge in [-0.15, -0.1) is 11.3 Å². The molecule has 0 aromatic carbocycles. The van der Waals surface area contributed by atoms with Gasteiger partial charge in [0.25, 0.3) is 0 Å². The zero-order chi connectivity index (χ0) is 12.1. The van der Waals surface area contributed by atoms with Gasteiger partial charge in [-0.2, -0.15) is 13.2 Å². The molecule has 2 saturated heterocycles. The number of thiazole rings is 1. The second-order valence-electron chi connectivity index (χ2n) is 4.86. The van der Waals surface area contributed by atoms with Crippen LogP contribution in [-0.2, 0) is 12.7 Å². The van der Waals surface area contributed by atoms with Crippen LogP contribution in [0.25, 0.3) is 0 Å². The summed E-state index contributed by atoms with van der Waals surface area (Å²) in [7, 11) is 0. The van der Waals surface area contributed by atoms with Gasteiger partial charge >= 0.3 is 6.18 Å². The fraction of sp³-hybridized carbons (Fsp3) is 0.700. The third-order valence-corrected chi connectivity index (χ3v) is 4.34. The molecule has 1 N–H and O–H groups in total. The van der Waals surface area contributed by atoms with Crippen molar-refractivity contribution < 1.29 is 13.2 Å². The molecule has 2 aliphatic rings. The minimum Gasteiger partial charge on any atom is -0.315 e. The second-order valence-corrected chi connectivity index (χ2v) is 5.98. The van der Waals surface area contributed by atoms with E-state index in [1.807, 2.05) is 0 Å². The van der Waals surface area contributed by atoms with Gasteiger partial charge in [0, 0.05) is 31.6 Å². The summed E-state index contributed by atoms with van der Waals surface area (Å²) in [6, 6.07) is 0. The van der Waals surface area contributed by atoms with Crippen LogP contribution in [0.4, 0.5) is 13.2 Å². The first-order chi connectivity index (χ1) is 7.97. The summed E-state index contributed by atoms with van der Waals surface area (Å²) in [6.07, 6.45) is -3.33. The van der Waals surface area contributed by atoms with Crippen molar-refractivity contribution in [2.45, 2.75) is 12.7 Å². The molecule has 0 aliphatic carbocycles. The monoisotopic (exact) mass is 263 g/mol. The Morgan fingerprint density at radius 1 is 1.41 bits per heavy atom. The summed E-state index contributed by atoms with van der Waals surface area (Å²) < 4.78 is 37.1. The van der Waals surface area contributed by atoms with Gasteiger partial charge in [-0.05, 0) is 0 Å². The molecule has 3 nitrogen and oxygen atoms in total. The van der Waals surface area contributed by atoms with Gasteiger partial charge in [0.1, 0.15) is 9.88 Å². The third kappa shape index (κ3) is 2.07. The van der Waals surface area contributed by atoms with Gasteiger partial charge in [0.2, 0.25) is 0 Å². The lowest BCUT2D eigenvalue weighted by Gasteiger charge is -2.56. The summed E-state index contributed by atoms with van der Waals surface area (Å²) >= 11 is 0.750. The molecule has 1 aromatic heterocycles. The van der Waals surface area contributed by atoms with Crippen molar-refractivity contribution >= 4 is 11.3 Å². The van der Waals surface area contributed by atoms with E-state index in [1.54, 1.807) is 0 Å². The van der Waals surface area contributed by atoms with Crippen LogP contribution in [0, 0.1) is 5.41 Å². The first-order valence-electron chi connectivity index (χ1n) is 5.42. The Bertz CT molecular complexity index is 417. The molecule has 0 amide bonds. The van der Waals surface area contributed by atoms with E-state index in [2.05, 4.69) is 15.2 Å². The molecule has 0 radical (unpaired) electrons. The molecule has 3 heterocycles. The van der Waals surface area contributed by atoms with Crippen LogP contribution in [0.15, 0.2) is 6.20 Å². The molecule has 7 heteroatoms. The number of hydrogen-bond donors (Lipinski definition) is 1. The molecular weight excluding hydrogens is 251 g/mol. The van der Waals surface area contributed by atoms with E-state index in [9.17, 15) is 13.2 Å². The van der Waals surface area contributed by atoms with Gasteiger partial charge < -0.3 is 5.32 Å². The molecule has 1 spiro atoms. The van der Waals surface area contributed by atoms with Crippen LogP contribution in [0.3, 0.4) is 0 Å². The predicted octanol–water partition coefficient (Wildman–Crippen LogP) is 1.57. The smallest absolute Gasteiger partial charge is 0.315 e. The summed E-state index contributed by atoms with van der Waals surface area (Å²) in [6.45, 7) is 4.56. The molecule has 94 valence electrons. The van der Waals surface area contributed by atoms with Crippen LogP contribution < -0.4 is 5.32 Å². The standard InChI is InChI=1S/C10H12F3N3S/c11-10(12,13)7-1-15-8(17-7)2-16-5-9(6-16)3-14-4-9/h1,14H,2-6H2. The van der Waals surface area contributed by atoms with Crippen molar-refractivity contribution in [2.24, 2.45) is 5.41 Å². The van der Waals surface area contributed by atoms with Crippen LogP contribution >= 0.6 is 11.3 Å². The van der Waals surface area contributed by atoms with Gasteiger partial charge in [0.05, 0.1) is 12.7 Å². The van der Waals surface area contributed by atoms with Crippen LogP contribution in [-0.4, -0.2) is 36.1 Å². The van der Waals surface area contributed by atoms with Crippen LogP contribution in [0.2, 0.25) is 0 Å². The highest BCUT2D eigenvalue weighted by Crippen LogP contribution is 2.37. The van der Waals surface area contributed by atoms with Gasteiger partial charge in [0.15, 0.2) is 0 Å². The summed E-state index contributed by atoms with van der Waals surface area (Å²) in [4.78, 5) is 5.39. The number of nitrogens with one attached hydrogen (secondary N) is 1. The molecule has 0 bridgehead atoms. The molecule has 0 unspecified atom stereocenters. The maximum absolute atomic E-state index is 12.4. The van der Waals surface area contributed by atoms with Crippen molar-refractivity contribution in [3.63, 3.8) is 0 Å². The number of aromatic nitrogens is 1. The Balaban J connectivity index is 1.57. The number of nitrogens with zero attached hydrogens (tertiary/aromatic N) is 2. The lowest BCUT2D eigenvalue weighted by atomic mass is 9.74. The highest BCUT2D eigenvalue weighted by atomic mass is 32.1. The average molecular weight is 263 g/mol. The fourth-order valence-electron chi connectivity index (χ4n) is 2.42. The topological polar surface area (TPSA) is 28.2 Å². The van der Waals surface area contributed by atoms with E-state index in [0.29, 0.717) is 17.0 Å². The van der Waals surface area contributed by atoms with E-state index in [0.717, 1.165) is 43.7 Å². The third-order valence-electron chi connectivity index (χ3n) is 3.31. The maximum atomic E-state index is 12.4. The Kier molecular flexibility index (Phi) is 2.46. The summed E-state index contributed by atoms with van der Waals surface area (Å²) in [5.74, 6) is 0. The lowest BCUT2D eigenvalue weighted by molar-refractivity contribution is -0.134. The Labute approximate surface area is 101 Å². The van der Waals surface area contributed by atoms with Crippen molar-refractivity contribution in [2.75, 3.05) is 26.2 Å². The second kappa shape index (κ2) is 3.66. The van der Waals surface area contributed by atoms with E-state index in [1.165, 1.54) is 0 Å². The molecule has 2 aliphatic heterocycles. The average Bonchev–Trinajstić information content (AvgIpc) is 2.54. The van der Waals surface area contributed by atoms with E-state index >= 15 is 0 Å². The largest absolute Gasteiger partial charge is 0.427 e. The highest BCUT2D eigenvalue weighted by molar-refractivity contribution is 7.11. The van der Waals surface area contributed by atoms with Crippen LogP contribution in [0.1, 0.15) is 9.88 Å².